The van der Waals surface area contributed by atoms with Crippen molar-refractivity contribution in [2.45, 2.75) is 6.04 Å². The molecule has 3 aliphatic rings. The summed E-state index contributed by atoms with van der Waals surface area (Å²) in [5, 5.41) is 3.33. The molecule has 1 aliphatic heterocycles. The molecule has 0 saturated carbocycles. The first kappa shape index (κ1) is 6.06. The van der Waals surface area contributed by atoms with Crippen LogP contribution in [0.1, 0.15) is 0 Å². The molecule has 0 bridgehead atoms. The zero-order chi connectivity index (χ0) is 7.97. The average molecular weight is 155 g/mol. The number of hydrogen-bond acceptors (Lipinski definition) is 1. The van der Waals surface area contributed by atoms with Gasteiger partial charge in [-0.05, 0) is 17.2 Å². The molecule has 1 saturated heterocycles. The van der Waals surface area contributed by atoms with Gasteiger partial charge in [0.2, 0.25) is 0 Å². The fourth-order valence-corrected chi connectivity index (χ4v) is 1.68. The highest BCUT2D eigenvalue weighted by molar-refractivity contribution is 5.60. The Kier molecular flexibility index (Phi) is 1.01. The number of rotatable bonds is 0. The fraction of sp³-hybridized carbons (Fsp3) is 0.0909. The van der Waals surface area contributed by atoms with Crippen LogP contribution in [0.15, 0.2) is 59.4 Å². The van der Waals surface area contributed by atoms with E-state index in [4.69, 9.17) is 0 Å². The number of nitrogens with one attached hydrogen (secondary N) is 1. The van der Waals surface area contributed by atoms with Crippen molar-refractivity contribution in [3.63, 3.8) is 0 Å². The Morgan fingerprint density at radius 2 is 2.00 bits per heavy atom. The Labute approximate surface area is 71.5 Å². The van der Waals surface area contributed by atoms with Gasteiger partial charge in [-0.15, -0.1) is 0 Å². The van der Waals surface area contributed by atoms with Gasteiger partial charge in [-0.1, -0.05) is 36.5 Å². The van der Waals surface area contributed by atoms with Gasteiger partial charge >= 0.3 is 0 Å². The van der Waals surface area contributed by atoms with Crippen LogP contribution in [-0.2, 0) is 0 Å². The average Bonchev–Trinajstić information content (AvgIpc) is 2.87. The smallest absolute Gasteiger partial charge is 0.0918 e. The lowest BCUT2D eigenvalue weighted by molar-refractivity contribution is 1.12. The zero-order valence-electron chi connectivity index (χ0n) is 6.62. The van der Waals surface area contributed by atoms with E-state index >= 15 is 0 Å². The second-order valence-electron chi connectivity index (χ2n) is 3.19. The second-order valence-corrected chi connectivity index (χ2v) is 3.19. The van der Waals surface area contributed by atoms with Crippen LogP contribution in [0.4, 0.5) is 0 Å². The zero-order valence-corrected chi connectivity index (χ0v) is 6.62. The molecule has 1 atom stereocenters. The lowest BCUT2D eigenvalue weighted by Gasteiger charge is -2.05. The van der Waals surface area contributed by atoms with Crippen LogP contribution in [0, 0.1) is 0 Å². The normalized spacial score (nSPS) is 28.7. The molecule has 0 aromatic carbocycles. The molecule has 1 N–H and O–H groups in total. The van der Waals surface area contributed by atoms with Crippen molar-refractivity contribution in [2.75, 3.05) is 0 Å². The third-order valence-electron chi connectivity index (χ3n) is 2.40. The molecule has 2 aliphatic carbocycles. The largest absolute Gasteiger partial charge is 0.374 e. The molecule has 1 unspecified atom stereocenters. The Morgan fingerprint density at radius 1 is 1.00 bits per heavy atom. The molecule has 1 nitrogen and oxygen atoms in total. The summed E-state index contributed by atoms with van der Waals surface area (Å²) in [7, 11) is 0. The maximum atomic E-state index is 3.33. The molecule has 58 valence electrons. The molecule has 12 heavy (non-hydrogen) atoms. The molecule has 1 heteroatoms. The first-order valence-electron chi connectivity index (χ1n) is 4.19. The van der Waals surface area contributed by atoms with E-state index in [0.717, 1.165) is 0 Å². The van der Waals surface area contributed by atoms with Crippen LogP contribution in [0.2, 0.25) is 0 Å². The summed E-state index contributed by atoms with van der Waals surface area (Å²) < 4.78 is 0. The van der Waals surface area contributed by atoms with Crippen molar-refractivity contribution in [2.24, 2.45) is 0 Å². The van der Waals surface area contributed by atoms with Gasteiger partial charge in [-0.3, -0.25) is 0 Å². The van der Waals surface area contributed by atoms with Crippen molar-refractivity contribution < 1.29 is 0 Å². The second kappa shape index (κ2) is 2.01. The van der Waals surface area contributed by atoms with Crippen molar-refractivity contribution in [1.29, 1.82) is 0 Å². The molecule has 0 aromatic heterocycles. The highest BCUT2D eigenvalue weighted by atomic mass is 15.1. The van der Waals surface area contributed by atoms with Gasteiger partial charge in [0, 0.05) is 5.70 Å². The summed E-state index contributed by atoms with van der Waals surface area (Å²) in [4.78, 5) is 0. The van der Waals surface area contributed by atoms with Crippen molar-refractivity contribution in [3.8, 4) is 0 Å². The Balaban J connectivity index is 2.14. The van der Waals surface area contributed by atoms with E-state index in [0.29, 0.717) is 6.04 Å². The molecule has 0 amide bonds. The summed E-state index contributed by atoms with van der Waals surface area (Å²) in [5.74, 6) is 0. The minimum absolute atomic E-state index is 0.511. The van der Waals surface area contributed by atoms with E-state index in [2.05, 4.69) is 47.8 Å². The summed E-state index contributed by atoms with van der Waals surface area (Å²) in [6.07, 6.45) is 14.9. The predicted molar refractivity (Wildman–Crippen MR) is 49.5 cm³/mol. The minimum Gasteiger partial charge on any atom is -0.374 e. The van der Waals surface area contributed by atoms with E-state index in [1.54, 1.807) is 0 Å². The number of fused-ring (bicyclic) bond motifs is 3. The monoisotopic (exact) mass is 155 g/mol. The fourth-order valence-electron chi connectivity index (χ4n) is 1.68. The maximum absolute atomic E-state index is 3.33. The van der Waals surface area contributed by atoms with Gasteiger partial charge in [0.25, 0.3) is 0 Å². The van der Waals surface area contributed by atoms with E-state index < -0.39 is 0 Å². The van der Waals surface area contributed by atoms with Crippen molar-refractivity contribution >= 4 is 0 Å². The van der Waals surface area contributed by atoms with Crippen LogP contribution >= 0.6 is 0 Å². The highest BCUT2D eigenvalue weighted by Crippen LogP contribution is 2.34. The van der Waals surface area contributed by atoms with Gasteiger partial charge < -0.3 is 5.32 Å². The minimum atomic E-state index is 0.511. The quantitative estimate of drug-likeness (QED) is 0.530. The van der Waals surface area contributed by atoms with E-state index in [-0.39, 0.29) is 0 Å². The van der Waals surface area contributed by atoms with Gasteiger partial charge in [0.15, 0.2) is 0 Å². The van der Waals surface area contributed by atoms with Crippen LogP contribution < -0.4 is 5.32 Å². The van der Waals surface area contributed by atoms with Crippen LogP contribution in [0.5, 0.6) is 0 Å². The third-order valence-corrected chi connectivity index (χ3v) is 2.40. The van der Waals surface area contributed by atoms with Crippen molar-refractivity contribution in [3.05, 3.63) is 59.4 Å². The highest BCUT2D eigenvalue weighted by Gasteiger charge is 2.34. The molecular formula is C11H9N. The Hall–Kier alpha value is -1.50. The molecule has 0 spiro atoms. The van der Waals surface area contributed by atoms with Crippen LogP contribution in [0.3, 0.4) is 0 Å². The van der Waals surface area contributed by atoms with Crippen molar-refractivity contribution in [1.82, 2.24) is 5.32 Å². The third kappa shape index (κ3) is 0.735. The summed E-state index contributed by atoms with van der Waals surface area (Å²) in [6.45, 7) is 0. The predicted octanol–water partition coefficient (Wildman–Crippen LogP) is 1.83. The van der Waals surface area contributed by atoms with Gasteiger partial charge in [-0.25, -0.2) is 0 Å². The van der Waals surface area contributed by atoms with E-state index in [1.807, 2.05) is 0 Å². The standard InChI is InChI=1S/C11H9N/c1-2-4-8-6-7-10-11(12-10)9(8)5-3-1/h1-7,11-12H. The van der Waals surface area contributed by atoms with E-state index in [9.17, 15) is 0 Å². The summed E-state index contributed by atoms with van der Waals surface area (Å²) >= 11 is 0. The summed E-state index contributed by atoms with van der Waals surface area (Å²) in [5.41, 5.74) is 4.09. The Bertz CT molecular complexity index is 378. The number of hydrogen-bond donors (Lipinski definition) is 1. The molecule has 0 aromatic rings. The van der Waals surface area contributed by atoms with Gasteiger partial charge in [-0.2, -0.15) is 0 Å². The number of allylic oxidation sites excluding steroid dienone is 7. The van der Waals surface area contributed by atoms with Crippen LogP contribution in [0.25, 0.3) is 0 Å². The summed E-state index contributed by atoms with van der Waals surface area (Å²) in [6, 6.07) is 0.511. The first-order chi connectivity index (χ1) is 5.95. The SMILES string of the molecule is C1=CC=C2C(=CC=C3NC32)C=C1. The first-order valence-corrected chi connectivity index (χ1v) is 4.19. The topological polar surface area (TPSA) is 21.9 Å². The molecule has 1 fully saturated rings. The van der Waals surface area contributed by atoms with Gasteiger partial charge in [0.1, 0.15) is 0 Å². The molecular weight excluding hydrogens is 146 g/mol. The van der Waals surface area contributed by atoms with E-state index in [1.165, 1.54) is 16.8 Å². The van der Waals surface area contributed by atoms with Gasteiger partial charge in [0.05, 0.1) is 6.04 Å². The molecule has 0 radical (unpaired) electrons. The lowest BCUT2D eigenvalue weighted by Crippen LogP contribution is -1.99. The lowest BCUT2D eigenvalue weighted by atomic mass is 9.98. The van der Waals surface area contributed by atoms with Crippen LogP contribution in [-0.4, -0.2) is 6.04 Å². The Morgan fingerprint density at radius 3 is 3.00 bits per heavy atom. The maximum Gasteiger partial charge on any atom is 0.0918 e. The molecule has 1 heterocycles. The molecule has 3 rings (SSSR count).